The van der Waals surface area contributed by atoms with Gasteiger partial charge in [0.1, 0.15) is 18.5 Å². The number of nitrogens with zero attached hydrogens (tertiary/aromatic N) is 6. The fourth-order valence-electron chi connectivity index (χ4n) is 6.14. The first kappa shape index (κ1) is 28.3. The smallest absolute Gasteiger partial charge is 0.227 e. The highest BCUT2D eigenvalue weighted by Gasteiger charge is 2.39. The Bertz CT molecular complexity index is 1630. The number of ether oxygens (including phenoxy) is 1. The molecule has 1 saturated heterocycles. The number of aromatic nitrogens is 7. The zero-order valence-electron chi connectivity index (χ0n) is 24.1. The first-order valence-electron chi connectivity index (χ1n) is 15.0. The van der Waals surface area contributed by atoms with Crippen LogP contribution in [0.25, 0.3) is 22.8 Å². The lowest BCUT2D eigenvalue weighted by Gasteiger charge is -2.27. The van der Waals surface area contributed by atoms with Crippen molar-refractivity contribution < 1.29 is 14.9 Å². The average Bonchev–Trinajstić information content (AvgIpc) is 3.79. The van der Waals surface area contributed by atoms with Crippen LogP contribution in [-0.4, -0.2) is 82.4 Å². The number of aliphatic hydroxyl groups is 2. The van der Waals surface area contributed by atoms with E-state index in [0.29, 0.717) is 41.1 Å². The summed E-state index contributed by atoms with van der Waals surface area (Å²) in [6.45, 7) is 0.504. The lowest BCUT2D eigenvalue weighted by molar-refractivity contribution is -0.0153. The number of anilines is 2. The van der Waals surface area contributed by atoms with Gasteiger partial charge in [0.25, 0.3) is 0 Å². The highest BCUT2D eigenvalue weighted by molar-refractivity contribution is 5.87. The van der Waals surface area contributed by atoms with Crippen molar-refractivity contribution in [2.24, 2.45) is 5.73 Å². The van der Waals surface area contributed by atoms with Crippen molar-refractivity contribution in [3.63, 3.8) is 0 Å². The van der Waals surface area contributed by atoms with Crippen molar-refractivity contribution >= 4 is 22.9 Å². The molecule has 2 aromatic carbocycles. The highest BCUT2D eigenvalue weighted by Crippen LogP contribution is 2.35. The standard InChI is InChI=1S/C31H36N10O3/c32-20-11-13-21(14-12-20)36-31-38-26(33-15-22(18-7-3-1-4-8-18)19-9-5-2-6-10-19)24-28(39-31)41(30-25(43)23(42)16-44-30)29(37-24)27-34-17-35-40-27/h1-10,17,20-23,25,30,42-43H,11-16,32H2,(H,34,35,40)(H2,33,36,38,39)/t20-,21-,23-,25+,30+/m0/s1. The van der Waals surface area contributed by atoms with Gasteiger partial charge in [-0.2, -0.15) is 9.97 Å². The van der Waals surface area contributed by atoms with E-state index >= 15 is 0 Å². The van der Waals surface area contributed by atoms with Crippen LogP contribution >= 0.6 is 0 Å². The molecule has 7 rings (SSSR count). The van der Waals surface area contributed by atoms with Crippen molar-refractivity contribution in [3.05, 3.63) is 78.1 Å². The maximum Gasteiger partial charge on any atom is 0.227 e. The Morgan fingerprint density at radius 2 is 1.66 bits per heavy atom. The monoisotopic (exact) mass is 596 g/mol. The number of nitrogens with two attached hydrogens (primary N) is 1. The molecule has 0 amide bonds. The van der Waals surface area contributed by atoms with E-state index in [1.54, 1.807) is 4.57 Å². The van der Waals surface area contributed by atoms with E-state index in [1.165, 1.54) is 6.33 Å². The second-order valence-corrected chi connectivity index (χ2v) is 11.5. The molecule has 1 aliphatic carbocycles. The predicted molar refractivity (Wildman–Crippen MR) is 165 cm³/mol. The summed E-state index contributed by atoms with van der Waals surface area (Å²) in [5.74, 6) is 1.71. The SMILES string of the molecule is N[C@H]1CC[C@H](Nc2nc(NCC(c3ccccc3)c3ccccc3)c3nc(-c4nnc[nH]4)n([C@@H]4OC[C@H](O)[C@H]4O)c3n2)CC1. The van der Waals surface area contributed by atoms with Crippen LogP contribution in [0.4, 0.5) is 11.8 Å². The van der Waals surface area contributed by atoms with E-state index in [4.69, 9.17) is 25.4 Å². The van der Waals surface area contributed by atoms with Gasteiger partial charge in [-0.1, -0.05) is 60.7 Å². The largest absolute Gasteiger partial charge is 0.388 e. The Morgan fingerprint density at radius 1 is 0.955 bits per heavy atom. The molecule has 1 aliphatic heterocycles. The van der Waals surface area contributed by atoms with E-state index in [9.17, 15) is 10.2 Å². The molecule has 0 bridgehead atoms. The zero-order valence-corrected chi connectivity index (χ0v) is 24.1. The molecule has 2 aliphatic rings. The maximum atomic E-state index is 10.9. The van der Waals surface area contributed by atoms with Gasteiger partial charge in [-0.05, 0) is 36.8 Å². The third-order valence-corrected chi connectivity index (χ3v) is 8.53. The minimum absolute atomic E-state index is 0.0270. The van der Waals surface area contributed by atoms with Crippen LogP contribution < -0.4 is 16.4 Å². The molecular formula is C31H36N10O3. The van der Waals surface area contributed by atoms with Crippen LogP contribution in [0.1, 0.15) is 49.0 Å². The lowest BCUT2D eigenvalue weighted by Crippen LogP contribution is -2.33. The molecule has 3 aromatic heterocycles. The van der Waals surface area contributed by atoms with Crippen LogP contribution in [0, 0.1) is 0 Å². The van der Waals surface area contributed by atoms with Crippen molar-refractivity contribution in [1.29, 1.82) is 0 Å². The molecule has 228 valence electrons. The van der Waals surface area contributed by atoms with Gasteiger partial charge < -0.3 is 36.3 Å². The lowest BCUT2D eigenvalue weighted by atomic mass is 9.91. The molecule has 1 saturated carbocycles. The van der Waals surface area contributed by atoms with Gasteiger partial charge in [0.2, 0.25) is 5.95 Å². The summed E-state index contributed by atoms with van der Waals surface area (Å²) in [5.41, 5.74) is 9.40. The number of rotatable bonds is 9. The van der Waals surface area contributed by atoms with Gasteiger partial charge >= 0.3 is 0 Å². The molecule has 0 spiro atoms. The van der Waals surface area contributed by atoms with Crippen molar-refractivity contribution in [1.82, 2.24) is 34.7 Å². The number of nitrogens with one attached hydrogen (secondary N) is 3. The number of hydrogen-bond acceptors (Lipinski definition) is 11. The maximum absolute atomic E-state index is 10.9. The van der Waals surface area contributed by atoms with Gasteiger partial charge in [-0.15, -0.1) is 10.2 Å². The second-order valence-electron chi connectivity index (χ2n) is 11.5. The van der Waals surface area contributed by atoms with E-state index in [1.807, 2.05) is 36.4 Å². The summed E-state index contributed by atoms with van der Waals surface area (Å²) in [6.07, 6.45) is 1.93. The predicted octanol–water partition coefficient (Wildman–Crippen LogP) is 2.79. The number of benzene rings is 2. The molecule has 0 unspecified atom stereocenters. The number of H-pyrrole nitrogens is 1. The summed E-state index contributed by atoms with van der Waals surface area (Å²) >= 11 is 0. The number of aromatic amines is 1. The molecular weight excluding hydrogens is 560 g/mol. The summed E-state index contributed by atoms with van der Waals surface area (Å²) in [6, 6.07) is 21.0. The van der Waals surface area contributed by atoms with Crippen molar-refractivity contribution in [3.8, 4) is 11.6 Å². The first-order chi connectivity index (χ1) is 21.5. The molecule has 13 heteroatoms. The molecule has 13 nitrogen and oxygen atoms in total. The van der Waals surface area contributed by atoms with Crippen LogP contribution in [0.2, 0.25) is 0 Å². The molecule has 0 radical (unpaired) electrons. The average molecular weight is 597 g/mol. The molecule has 3 atom stereocenters. The highest BCUT2D eigenvalue weighted by atomic mass is 16.5. The molecule has 5 aromatic rings. The Balaban J connectivity index is 1.33. The van der Waals surface area contributed by atoms with E-state index in [2.05, 4.69) is 50.1 Å². The summed E-state index contributed by atoms with van der Waals surface area (Å²) < 4.78 is 7.53. The van der Waals surface area contributed by atoms with Crippen LogP contribution in [0.3, 0.4) is 0 Å². The van der Waals surface area contributed by atoms with Crippen LogP contribution in [-0.2, 0) is 4.74 Å². The normalized spacial score (nSPS) is 23.8. The summed E-state index contributed by atoms with van der Waals surface area (Å²) in [7, 11) is 0. The summed E-state index contributed by atoms with van der Waals surface area (Å²) in [4.78, 5) is 17.7. The Labute approximate surface area is 253 Å². The molecule has 2 fully saturated rings. The Morgan fingerprint density at radius 3 is 2.27 bits per heavy atom. The molecule has 7 N–H and O–H groups in total. The van der Waals surface area contributed by atoms with Gasteiger partial charge in [-0.3, -0.25) is 4.57 Å². The number of hydrogen-bond donors (Lipinski definition) is 6. The van der Waals surface area contributed by atoms with E-state index < -0.39 is 18.4 Å². The van der Waals surface area contributed by atoms with Gasteiger partial charge in [0, 0.05) is 24.5 Å². The minimum Gasteiger partial charge on any atom is -0.388 e. The van der Waals surface area contributed by atoms with Crippen molar-refractivity contribution in [2.75, 3.05) is 23.8 Å². The number of aliphatic hydroxyl groups excluding tert-OH is 2. The van der Waals surface area contributed by atoms with Crippen LogP contribution in [0.15, 0.2) is 67.0 Å². The van der Waals surface area contributed by atoms with Crippen molar-refractivity contribution in [2.45, 2.75) is 62.1 Å². The van der Waals surface area contributed by atoms with E-state index in [0.717, 1.165) is 36.8 Å². The van der Waals surface area contributed by atoms with Crippen LogP contribution in [0.5, 0.6) is 0 Å². The third-order valence-electron chi connectivity index (χ3n) is 8.53. The fraction of sp³-hybridized carbons (Fsp3) is 0.387. The van der Waals surface area contributed by atoms with Gasteiger partial charge in [0.15, 0.2) is 34.9 Å². The Hall–Kier alpha value is -4.43. The van der Waals surface area contributed by atoms with E-state index in [-0.39, 0.29) is 24.6 Å². The third kappa shape index (κ3) is 5.62. The Kier molecular flexibility index (Phi) is 7.91. The van der Waals surface area contributed by atoms with Gasteiger partial charge in [0.05, 0.1) is 6.61 Å². The number of fused-ring (bicyclic) bond motifs is 1. The van der Waals surface area contributed by atoms with Gasteiger partial charge in [-0.25, -0.2) is 4.98 Å². The second kappa shape index (κ2) is 12.3. The topological polar surface area (TPSA) is 185 Å². The minimum atomic E-state index is -1.20. The quantitative estimate of drug-likeness (QED) is 0.147. The zero-order chi connectivity index (χ0) is 30.0. The fourth-order valence-corrected chi connectivity index (χ4v) is 6.14. The summed E-state index contributed by atoms with van der Waals surface area (Å²) in [5, 5.41) is 36.5. The first-order valence-corrected chi connectivity index (χ1v) is 15.0. The number of imidazole rings is 1. The molecule has 4 heterocycles. The molecule has 44 heavy (non-hydrogen) atoms.